The number of likely N-dealkylation sites (tertiary alicyclic amines) is 1. The van der Waals surface area contributed by atoms with Crippen molar-refractivity contribution in [1.29, 1.82) is 0 Å². The van der Waals surface area contributed by atoms with Crippen LogP contribution in [0.15, 0.2) is 11.6 Å². The SMILES string of the molecule is CCC(c1nccs1)N1CCC(N)CC1C. The molecule has 0 spiro atoms. The molecule has 2 heterocycles. The summed E-state index contributed by atoms with van der Waals surface area (Å²) in [4.78, 5) is 7.03. The molecule has 90 valence electrons. The average Bonchev–Trinajstić information content (AvgIpc) is 2.75. The van der Waals surface area contributed by atoms with Gasteiger partial charge in [0, 0.05) is 30.2 Å². The first-order valence-electron chi connectivity index (χ1n) is 6.13. The van der Waals surface area contributed by atoms with E-state index in [9.17, 15) is 0 Å². The van der Waals surface area contributed by atoms with Gasteiger partial charge in [0.15, 0.2) is 0 Å². The van der Waals surface area contributed by atoms with E-state index in [4.69, 9.17) is 5.73 Å². The molecule has 3 atom stereocenters. The minimum Gasteiger partial charge on any atom is -0.328 e. The third-order valence-corrected chi connectivity index (χ3v) is 4.37. The van der Waals surface area contributed by atoms with E-state index in [1.54, 1.807) is 11.3 Å². The van der Waals surface area contributed by atoms with Gasteiger partial charge in [0.25, 0.3) is 0 Å². The molecule has 0 aromatic carbocycles. The van der Waals surface area contributed by atoms with Crippen molar-refractivity contribution in [2.75, 3.05) is 6.54 Å². The van der Waals surface area contributed by atoms with Gasteiger partial charge in [0.05, 0.1) is 6.04 Å². The van der Waals surface area contributed by atoms with Crippen LogP contribution in [0.2, 0.25) is 0 Å². The molecule has 2 rings (SSSR count). The normalized spacial score (nSPS) is 29.2. The molecule has 1 aliphatic heterocycles. The van der Waals surface area contributed by atoms with Gasteiger partial charge in [-0.25, -0.2) is 4.98 Å². The highest BCUT2D eigenvalue weighted by molar-refractivity contribution is 7.09. The van der Waals surface area contributed by atoms with E-state index in [1.807, 2.05) is 6.20 Å². The fraction of sp³-hybridized carbons (Fsp3) is 0.750. The Morgan fingerprint density at radius 2 is 2.50 bits per heavy atom. The highest BCUT2D eigenvalue weighted by Crippen LogP contribution is 2.31. The van der Waals surface area contributed by atoms with Crippen molar-refractivity contribution in [3.63, 3.8) is 0 Å². The Hall–Kier alpha value is -0.450. The zero-order valence-corrected chi connectivity index (χ0v) is 10.9. The van der Waals surface area contributed by atoms with Gasteiger partial charge in [0.2, 0.25) is 0 Å². The Balaban J connectivity index is 2.10. The van der Waals surface area contributed by atoms with Gasteiger partial charge in [-0.05, 0) is 26.2 Å². The van der Waals surface area contributed by atoms with Crippen LogP contribution < -0.4 is 5.73 Å². The Morgan fingerprint density at radius 3 is 3.06 bits per heavy atom. The van der Waals surface area contributed by atoms with Crippen LogP contribution in [0.1, 0.15) is 44.2 Å². The monoisotopic (exact) mass is 239 g/mol. The summed E-state index contributed by atoms with van der Waals surface area (Å²) in [6.07, 6.45) is 5.27. The van der Waals surface area contributed by atoms with Gasteiger partial charge in [-0.2, -0.15) is 0 Å². The lowest BCUT2D eigenvalue weighted by molar-refractivity contribution is 0.0927. The molecule has 1 fully saturated rings. The molecule has 1 aromatic heterocycles. The predicted molar refractivity (Wildman–Crippen MR) is 68.5 cm³/mol. The van der Waals surface area contributed by atoms with E-state index in [2.05, 4.69) is 29.1 Å². The van der Waals surface area contributed by atoms with E-state index in [0.717, 1.165) is 25.8 Å². The maximum absolute atomic E-state index is 6.01. The number of thiazole rings is 1. The molecular formula is C12H21N3S. The Bertz CT molecular complexity index is 312. The fourth-order valence-corrected chi connectivity index (χ4v) is 3.48. The molecule has 0 bridgehead atoms. The van der Waals surface area contributed by atoms with Crippen LogP contribution in [0.5, 0.6) is 0 Å². The standard InChI is InChI=1S/C12H21N3S/c1-3-11(12-14-5-7-16-12)15-6-4-10(13)8-9(15)2/h5,7,9-11H,3-4,6,8,13H2,1-2H3. The first-order valence-corrected chi connectivity index (χ1v) is 7.01. The summed E-state index contributed by atoms with van der Waals surface area (Å²) in [6, 6.07) is 1.46. The van der Waals surface area contributed by atoms with Crippen molar-refractivity contribution in [1.82, 2.24) is 9.88 Å². The van der Waals surface area contributed by atoms with E-state index in [-0.39, 0.29) is 0 Å². The summed E-state index contributed by atoms with van der Waals surface area (Å²) in [6.45, 7) is 5.64. The van der Waals surface area contributed by atoms with E-state index in [1.165, 1.54) is 5.01 Å². The second-order valence-corrected chi connectivity index (χ2v) is 5.59. The van der Waals surface area contributed by atoms with Crippen LogP contribution in [-0.2, 0) is 0 Å². The van der Waals surface area contributed by atoms with Crippen LogP contribution in [0.3, 0.4) is 0 Å². The molecule has 16 heavy (non-hydrogen) atoms. The molecule has 0 amide bonds. The summed E-state index contributed by atoms with van der Waals surface area (Å²) in [5, 5.41) is 3.32. The van der Waals surface area contributed by atoms with Crippen molar-refractivity contribution < 1.29 is 0 Å². The number of piperidine rings is 1. The van der Waals surface area contributed by atoms with Crippen LogP contribution in [0.4, 0.5) is 0 Å². The van der Waals surface area contributed by atoms with E-state index in [0.29, 0.717) is 18.1 Å². The largest absolute Gasteiger partial charge is 0.328 e. The van der Waals surface area contributed by atoms with Crippen LogP contribution >= 0.6 is 11.3 Å². The lowest BCUT2D eigenvalue weighted by atomic mass is 9.96. The second kappa shape index (κ2) is 5.25. The van der Waals surface area contributed by atoms with Gasteiger partial charge >= 0.3 is 0 Å². The molecule has 4 heteroatoms. The number of nitrogens with zero attached hydrogens (tertiary/aromatic N) is 2. The van der Waals surface area contributed by atoms with E-state index < -0.39 is 0 Å². The summed E-state index contributed by atoms with van der Waals surface area (Å²) in [7, 11) is 0. The third kappa shape index (κ3) is 2.44. The zero-order chi connectivity index (χ0) is 11.5. The van der Waals surface area contributed by atoms with Gasteiger partial charge < -0.3 is 5.73 Å². The molecule has 1 aliphatic rings. The molecule has 1 saturated heterocycles. The molecule has 2 N–H and O–H groups in total. The minimum atomic E-state index is 0.389. The highest BCUT2D eigenvalue weighted by Gasteiger charge is 2.30. The molecule has 3 unspecified atom stereocenters. The first kappa shape index (κ1) is 12.0. The molecule has 0 radical (unpaired) electrons. The summed E-state index contributed by atoms with van der Waals surface area (Å²) in [5.41, 5.74) is 6.01. The first-order chi connectivity index (χ1) is 7.72. The molecular weight excluding hydrogens is 218 g/mol. The van der Waals surface area contributed by atoms with E-state index >= 15 is 0 Å². The lowest BCUT2D eigenvalue weighted by Gasteiger charge is -2.40. The topological polar surface area (TPSA) is 42.2 Å². The van der Waals surface area contributed by atoms with Crippen molar-refractivity contribution in [2.45, 2.75) is 51.2 Å². The number of hydrogen-bond donors (Lipinski definition) is 1. The lowest BCUT2D eigenvalue weighted by Crippen LogP contribution is -2.46. The molecule has 1 aromatic rings. The summed E-state index contributed by atoms with van der Waals surface area (Å²) in [5.74, 6) is 0. The van der Waals surface area contributed by atoms with Crippen molar-refractivity contribution in [2.24, 2.45) is 5.73 Å². The minimum absolute atomic E-state index is 0.389. The maximum Gasteiger partial charge on any atom is 0.110 e. The molecule has 3 nitrogen and oxygen atoms in total. The third-order valence-electron chi connectivity index (χ3n) is 3.49. The number of hydrogen-bond acceptors (Lipinski definition) is 4. The smallest absolute Gasteiger partial charge is 0.110 e. The summed E-state index contributed by atoms with van der Waals surface area (Å²) >= 11 is 1.77. The van der Waals surface area contributed by atoms with Crippen molar-refractivity contribution >= 4 is 11.3 Å². The molecule has 0 aliphatic carbocycles. The van der Waals surface area contributed by atoms with Crippen LogP contribution in [0.25, 0.3) is 0 Å². The number of rotatable bonds is 3. The van der Waals surface area contributed by atoms with Crippen LogP contribution in [-0.4, -0.2) is 28.5 Å². The van der Waals surface area contributed by atoms with Crippen molar-refractivity contribution in [3.8, 4) is 0 Å². The van der Waals surface area contributed by atoms with Gasteiger partial charge in [-0.1, -0.05) is 6.92 Å². The summed E-state index contributed by atoms with van der Waals surface area (Å²) < 4.78 is 0. The zero-order valence-electron chi connectivity index (χ0n) is 10.1. The quantitative estimate of drug-likeness (QED) is 0.880. The second-order valence-electron chi connectivity index (χ2n) is 4.67. The Labute approximate surface area is 102 Å². The van der Waals surface area contributed by atoms with Crippen molar-refractivity contribution in [3.05, 3.63) is 16.6 Å². The van der Waals surface area contributed by atoms with Gasteiger partial charge in [-0.3, -0.25) is 4.90 Å². The fourth-order valence-electron chi connectivity index (χ4n) is 2.64. The average molecular weight is 239 g/mol. The van der Waals surface area contributed by atoms with Gasteiger partial charge in [-0.15, -0.1) is 11.3 Å². The van der Waals surface area contributed by atoms with Gasteiger partial charge in [0.1, 0.15) is 5.01 Å². The Kier molecular flexibility index (Phi) is 3.95. The van der Waals surface area contributed by atoms with Crippen LogP contribution in [0, 0.1) is 0 Å². The Morgan fingerprint density at radius 1 is 1.69 bits per heavy atom. The number of aromatic nitrogens is 1. The highest BCUT2D eigenvalue weighted by atomic mass is 32.1. The number of nitrogens with two attached hydrogens (primary N) is 1. The maximum atomic E-state index is 6.01. The molecule has 0 saturated carbocycles. The predicted octanol–water partition coefficient (Wildman–Crippen LogP) is 2.41.